The molecule has 0 unspecified atom stereocenters. The highest BCUT2D eigenvalue weighted by Gasteiger charge is 2.31. The Bertz CT molecular complexity index is 1180. The molecule has 0 fully saturated rings. The summed E-state index contributed by atoms with van der Waals surface area (Å²) >= 11 is 0. The largest absolute Gasteiger partial charge is 0.481 e. The molecule has 1 aliphatic heterocycles. The maximum Gasteiger partial charge on any atom is 0.416 e. The standard InChI is InChI=1S/C22H15F4N3O3/c23-15-4-2-10-27-19(15)18(12-6-8-13(9-7-12)22(24,25)26)29-21(31)14-3-1-5-16-20(14)32-11-17(30)28-16/h1-10,18H,11H2,(H,28,30)(H,29,31)/t18-/m0/s1. The summed E-state index contributed by atoms with van der Waals surface area (Å²) in [6.07, 6.45) is -3.23. The van der Waals surface area contributed by atoms with E-state index in [0.29, 0.717) is 5.69 Å². The van der Waals surface area contributed by atoms with Crippen LogP contribution < -0.4 is 15.4 Å². The molecule has 2 aromatic carbocycles. The molecule has 4 rings (SSSR count). The molecule has 1 aliphatic rings. The first-order valence-electron chi connectivity index (χ1n) is 9.38. The average Bonchev–Trinajstić information content (AvgIpc) is 2.77. The van der Waals surface area contributed by atoms with Gasteiger partial charge >= 0.3 is 6.18 Å². The summed E-state index contributed by atoms with van der Waals surface area (Å²) < 4.78 is 58.7. The predicted molar refractivity (Wildman–Crippen MR) is 106 cm³/mol. The first-order valence-corrected chi connectivity index (χ1v) is 9.38. The fourth-order valence-corrected chi connectivity index (χ4v) is 3.29. The topological polar surface area (TPSA) is 80.3 Å². The average molecular weight is 445 g/mol. The molecule has 1 atom stereocenters. The van der Waals surface area contributed by atoms with Crippen LogP contribution in [0.2, 0.25) is 0 Å². The molecule has 3 aromatic rings. The second-order valence-corrected chi connectivity index (χ2v) is 6.92. The highest BCUT2D eigenvalue weighted by atomic mass is 19.4. The van der Waals surface area contributed by atoms with Crippen LogP contribution >= 0.6 is 0 Å². The normalized spacial score (nSPS) is 14.1. The van der Waals surface area contributed by atoms with Crippen molar-refractivity contribution in [2.24, 2.45) is 0 Å². The van der Waals surface area contributed by atoms with Crippen LogP contribution in [-0.4, -0.2) is 23.4 Å². The van der Waals surface area contributed by atoms with Crippen molar-refractivity contribution in [2.45, 2.75) is 12.2 Å². The predicted octanol–water partition coefficient (Wildman–Crippen LogP) is 4.09. The number of aromatic nitrogens is 1. The number of nitrogens with zero attached hydrogens (tertiary/aromatic N) is 1. The van der Waals surface area contributed by atoms with Gasteiger partial charge in [0.25, 0.3) is 11.8 Å². The number of hydrogen-bond acceptors (Lipinski definition) is 4. The number of anilines is 1. The summed E-state index contributed by atoms with van der Waals surface area (Å²) in [5.41, 5.74) is -0.489. The number of hydrogen-bond donors (Lipinski definition) is 2. The number of nitrogens with one attached hydrogen (secondary N) is 2. The molecule has 32 heavy (non-hydrogen) atoms. The molecular formula is C22H15F4N3O3. The number of rotatable bonds is 4. The Balaban J connectivity index is 1.71. The Labute approximate surface area is 179 Å². The molecule has 0 aliphatic carbocycles. The molecule has 0 radical (unpaired) electrons. The third-order valence-corrected chi connectivity index (χ3v) is 4.79. The number of amides is 2. The lowest BCUT2D eigenvalue weighted by molar-refractivity contribution is -0.137. The van der Waals surface area contributed by atoms with Gasteiger partial charge in [-0.25, -0.2) is 4.39 Å². The van der Waals surface area contributed by atoms with Crippen molar-refractivity contribution < 1.29 is 31.9 Å². The van der Waals surface area contributed by atoms with Gasteiger partial charge in [-0.2, -0.15) is 13.2 Å². The van der Waals surface area contributed by atoms with Crippen LogP contribution in [0.1, 0.15) is 33.2 Å². The van der Waals surface area contributed by atoms with E-state index in [0.717, 1.165) is 30.3 Å². The zero-order valence-corrected chi connectivity index (χ0v) is 16.2. The molecule has 0 bridgehead atoms. The van der Waals surface area contributed by atoms with E-state index in [9.17, 15) is 27.2 Å². The van der Waals surface area contributed by atoms with Gasteiger partial charge in [-0.15, -0.1) is 0 Å². The van der Waals surface area contributed by atoms with Crippen LogP contribution in [0.3, 0.4) is 0 Å². The molecule has 10 heteroatoms. The van der Waals surface area contributed by atoms with Crippen LogP contribution in [0.15, 0.2) is 60.8 Å². The Hall–Kier alpha value is -3.95. The van der Waals surface area contributed by atoms with Gasteiger partial charge in [0, 0.05) is 6.20 Å². The summed E-state index contributed by atoms with van der Waals surface area (Å²) in [6.45, 7) is -0.283. The number of carbonyl (C=O) groups is 2. The van der Waals surface area contributed by atoms with Gasteiger partial charge in [0.15, 0.2) is 12.4 Å². The van der Waals surface area contributed by atoms with Crippen molar-refractivity contribution >= 4 is 17.5 Å². The van der Waals surface area contributed by atoms with Crippen molar-refractivity contribution in [1.82, 2.24) is 10.3 Å². The SMILES string of the molecule is O=C1COc2c(cccc2C(=O)N[C@@H](c2ccc(C(F)(F)F)cc2)c2ncccc2F)N1. The van der Waals surface area contributed by atoms with Gasteiger partial charge in [-0.05, 0) is 42.0 Å². The monoisotopic (exact) mass is 445 g/mol. The van der Waals surface area contributed by atoms with E-state index in [1.165, 1.54) is 24.4 Å². The Kier molecular flexibility index (Phi) is 5.52. The highest BCUT2D eigenvalue weighted by molar-refractivity contribution is 6.03. The minimum Gasteiger partial charge on any atom is -0.481 e. The molecule has 0 saturated carbocycles. The van der Waals surface area contributed by atoms with Crippen molar-refractivity contribution in [2.75, 3.05) is 11.9 Å². The van der Waals surface area contributed by atoms with Crippen LogP contribution in [0.4, 0.5) is 23.2 Å². The van der Waals surface area contributed by atoms with E-state index in [2.05, 4.69) is 15.6 Å². The van der Waals surface area contributed by atoms with Crippen molar-refractivity contribution in [3.05, 3.63) is 89.0 Å². The maximum absolute atomic E-state index is 14.5. The summed E-state index contributed by atoms with van der Waals surface area (Å²) in [6, 6.07) is 9.83. The smallest absolute Gasteiger partial charge is 0.416 e. The number of pyridine rings is 1. The van der Waals surface area contributed by atoms with Gasteiger partial charge in [-0.1, -0.05) is 18.2 Å². The molecule has 2 amide bonds. The third-order valence-electron chi connectivity index (χ3n) is 4.79. The van der Waals surface area contributed by atoms with Gasteiger partial charge in [0.2, 0.25) is 0 Å². The molecule has 164 valence electrons. The molecule has 2 heterocycles. The number of alkyl halides is 3. The number of carbonyl (C=O) groups excluding carboxylic acids is 2. The number of halogens is 4. The van der Waals surface area contributed by atoms with Crippen molar-refractivity contribution in [3.8, 4) is 5.75 Å². The molecule has 6 nitrogen and oxygen atoms in total. The second kappa shape index (κ2) is 8.29. The van der Waals surface area contributed by atoms with Gasteiger partial charge in [-0.3, -0.25) is 14.6 Å². The fraction of sp³-hybridized carbons (Fsp3) is 0.136. The van der Waals surface area contributed by atoms with E-state index in [-0.39, 0.29) is 35.1 Å². The minimum absolute atomic E-state index is 0.0655. The molecular weight excluding hydrogens is 430 g/mol. The number of para-hydroxylation sites is 1. The zero-order chi connectivity index (χ0) is 22.9. The molecule has 0 saturated heterocycles. The van der Waals surface area contributed by atoms with E-state index in [1.807, 2.05) is 0 Å². The summed E-state index contributed by atoms with van der Waals surface area (Å²) in [4.78, 5) is 28.6. The summed E-state index contributed by atoms with van der Waals surface area (Å²) in [7, 11) is 0. The first-order chi connectivity index (χ1) is 15.2. The van der Waals surface area contributed by atoms with Gasteiger partial charge in [0.1, 0.15) is 11.5 Å². The van der Waals surface area contributed by atoms with Crippen molar-refractivity contribution in [3.63, 3.8) is 0 Å². The van der Waals surface area contributed by atoms with Gasteiger partial charge < -0.3 is 15.4 Å². The summed E-state index contributed by atoms with van der Waals surface area (Å²) in [5, 5.41) is 5.19. The van der Waals surface area contributed by atoms with Crippen LogP contribution in [0, 0.1) is 5.82 Å². The van der Waals surface area contributed by atoms with E-state index in [1.54, 1.807) is 6.07 Å². The number of fused-ring (bicyclic) bond motifs is 1. The van der Waals surface area contributed by atoms with E-state index in [4.69, 9.17) is 4.74 Å². The number of ether oxygens (including phenoxy) is 1. The van der Waals surface area contributed by atoms with Crippen molar-refractivity contribution in [1.29, 1.82) is 0 Å². The lowest BCUT2D eigenvalue weighted by Gasteiger charge is -2.23. The molecule has 0 spiro atoms. The van der Waals surface area contributed by atoms with Gasteiger partial charge in [0.05, 0.1) is 22.9 Å². The Morgan fingerprint density at radius 3 is 2.53 bits per heavy atom. The lowest BCUT2D eigenvalue weighted by Crippen LogP contribution is -2.32. The minimum atomic E-state index is -4.54. The third kappa shape index (κ3) is 4.25. The zero-order valence-electron chi connectivity index (χ0n) is 16.2. The fourth-order valence-electron chi connectivity index (χ4n) is 3.29. The maximum atomic E-state index is 14.5. The number of benzene rings is 2. The second-order valence-electron chi connectivity index (χ2n) is 6.92. The quantitative estimate of drug-likeness (QED) is 0.593. The summed E-state index contributed by atoms with van der Waals surface area (Å²) in [5.74, 6) is -1.67. The van der Waals surface area contributed by atoms with E-state index >= 15 is 0 Å². The lowest BCUT2D eigenvalue weighted by atomic mass is 10.00. The van der Waals surface area contributed by atoms with Crippen LogP contribution in [-0.2, 0) is 11.0 Å². The highest BCUT2D eigenvalue weighted by Crippen LogP contribution is 2.34. The van der Waals surface area contributed by atoms with Crippen LogP contribution in [0.5, 0.6) is 5.75 Å². The van der Waals surface area contributed by atoms with E-state index < -0.39 is 29.5 Å². The van der Waals surface area contributed by atoms with Crippen LogP contribution in [0.25, 0.3) is 0 Å². The molecule has 2 N–H and O–H groups in total. The first kappa shape index (κ1) is 21.3. The Morgan fingerprint density at radius 1 is 1.09 bits per heavy atom. The Morgan fingerprint density at radius 2 is 1.84 bits per heavy atom. The molecule has 1 aromatic heterocycles.